The van der Waals surface area contributed by atoms with E-state index in [0.29, 0.717) is 4.47 Å². The van der Waals surface area contributed by atoms with Crippen LogP contribution in [0.1, 0.15) is 36.0 Å². The second-order valence-corrected chi connectivity index (χ2v) is 5.66. The van der Waals surface area contributed by atoms with Crippen LogP contribution in [-0.4, -0.2) is 24.5 Å². The van der Waals surface area contributed by atoms with E-state index < -0.39 is 11.8 Å². The first-order valence-corrected chi connectivity index (χ1v) is 7.27. The van der Waals surface area contributed by atoms with Crippen LogP contribution in [0.4, 0.5) is 4.39 Å². The number of hydrogen-bond donors (Lipinski definition) is 1. The molecule has 0 bridgehead atoms. The molecule has 1 N–H and O–H groups in total. The number of halogens is 2. The van der Waals surface area contributed by atoms with Gasteiger partial charge in [0.2, 0.25) is 0 Å². The summed E-state index contributed by atoms with van der Waals surface area (Å²) in [4.78, 5) is 23.2. The quantitative estimate of drug-likeness (QED) is 0.855. The molecule has 0 unspecified atom stereocenters. The molecule has 0 saturated heterocycles. The molecular formula is C14H15BrFNO3. The van der Waals surface area contributed by atoms with Gasteiger partial charge in [-0.1, -0.05) is 28.8 Å². The van der Waals surface area contributed by atoms with Gasteiger partial charge in [0.25, 0.3) is 5.91 Å². The summed E-state index contributed by atoms with van der Waals surface area (Å²) in [5, 5.41) is 2.79. The summed E-state index contributed by atoms with van der Waals surface area (Å²) in [6.45, 7) is -0.384. The number of rotatable bonds is 4. The molecule has 1 saturated carbocycles. The molecule has 0 spiro atoms. The molecule has 0 atom stereocenters. The van der Waals surface area contributed by atoms with Crippen molar-refractivity contribution < 1.29 is 18.7 Å². The van der Waals surface area contributed by atoms with E-state index in [2.05, 4.69) is 21.2 Å². The van der Waals surface area contributed by atoms with Gasteiger partial charge >= 0.3 is 5.97 Å². The van der Waals surface area contributed by atoms with Gasteiger partial charge in [-0.3, -0.25) is 4.79 Å². The fourth-order valence-corrected chi connectivity index (χ4v) is 2.54. The lowest BCUT2D eigenvalue weighted by molar-refractivity contribution is -0.124. The molecule has 0 heterocycles. The third kappa shape index (κ3) is 4.03. The summed E-state index contributed by atoms with van der Waals surface area (Å²) in [7, 11) is 0. The molecule has 1 amide bonds. The smallest absolute Gasteiger partial charge is 0.341 e. The maximum atomic E-state index is 13.5. The topological polar surface area (TPSA) is 55.4 Å². The van der Waals surface area contributed by atoms with E-state index >= 15 is 0 Å². The van der Waals surface area contributed by atoms with E-state index in [1.54, 1.807) is 0 Å². The molecule has 1 aliphatic carbocycles. The standard InChI is InChI=1S/C14H15BrFNO3/c15-9-5-6-11(12(16)7-9)14(19)20-8-13(18)17-10-3-1-2-4-10/h5-7,10H,1-4,8H2,(H,17,18). The first-order valence-electron chi connectivity index (χ1n) is 6.48. The first-order chi connectivity index (χ1) is 9.56. The Bertz CT molecular complexity index is 515. The van der Waals surface area contributed by atoms with Crippen LogP contribution < -0.4 is 5.32 Å². The molecular weight excluding hydrogens is 329 g/mol. The van der Waals surface area contributed by atoms with E-state index in [4.69, 9.17) is 4.74 Å². The maximum Gasteiger partial charge on any atom is 0.341 e. The van der Waals surface area contributed by atoms with E-state index in [1.807, 2.05) is 0 Å². The van der Waals surface area contributed by atoms with Crippen molar-refractivity contribution in [2.24, 2.45) is 0 Å². The van der Waals surface area contributed by atoms with Crippen molar-refractivity contribution in [2.75, 3.05) is 6.61 Å². The number of nitrogens with one attached hydrogen (secondary N) is 1. The summed E-state index contributed by atoms with van der Waals surface area (Å²) in [6.07, 6.45) is 4.13. The van der Waals surface area contributed by atoms with Crippen LogP contribution >= 0.6 is 15.9 Å². The Kier molecular flexibility index (Phi) is 5.11. The minimum atomic E-state index is -0.837. The maximum absolute atomic E-state index is 13.5. The molecule has 0 aliphatic heterocycles. The average Bonchev–Trinajstić information content (AvgIpc) is 2.89. The zero-order chi connectivity index (χ0) is 14.5. The van der Waals surface area contributed by atoms with Crippen molar-refractivity contribution >= 4 is 27.8 Å². The predicted molar refractivity (Wildman–Crippen MR) is 74.8 cm³/mol. The van der Waals surface area contributed by atoms with E-state index in [9.17, 15) is 14.0 Å². The highest BCUT2D eigenvalue weighted by atomic mass is 79.9. The normalized spacial score (nSPS) is 15.1. The van der Waals surface area contributed by atoms with E-state index in [0.717, 1.165) is 25.7 Å². The third-order valence-electron chi connectivity index (χ3n) is 3.21. The molecule has 1 aliphatic rings. The van der Waals surface area contributed by atoms with Crippen LogP contribution in [-0.2, 0) is 9.53 Å². The van der Waals surface area contributed by atoms with Crippen molar-refractivity contribution in [2.45, 2.75) is 31.7 Å². The number of benzene rings is 1. The third-order valence-corrected chi connectivity index (χ3v) is 3.70. The molecule has 1 aromatic carbocycles. The van der Waals surface area contributed by atoms with Crippen molar-refractivity contribution in [1.82, 2.24) is 5.32 Å². The molecule has 2 rings (SSSR count). The SMILES string of the molecule is O=C(COC(=O)c1ccc(Br)cc1F)NC1CCCC1. The largest absolute Gasteiger partial charge is 0.452 e. The summed E-state index contributed by atoms with van der Waals surface area (Å²) in [5.74, 6) is -1.86. The summed E-state index contributed by atoms with van der Waals surface area (Å²) < 4.78 is 18.9. The first kappa shape index (κ1) is 15.0. The van der Waals surface area contributed by atoms with Crippen molar-refractivity contribution in [3.8, 4) is 0 Å². The summed E-state index contributed by atoms with van der Waals surface area (Å²) >= 11 is 3.10. The highest BCUT2D eigenvalue weighted by Crippen LogP contribution is 2.18. The number of amides is 1. The molecule has 1 aromatic rings. The van der Waals surface area contributed by atoms with Gasteiger partial charge in [-0.15, -0.1) is 0 Å². The molecule has 6 heteroatoms. The highest BCUT2D eigenvalue weighted by Gasteiger charge is 2.19. The number of ether oxygens (including phenoxy) is 1. The summed E-state index contributed by atoms with van der Waals surface area (Å²) in [6, 6.07) is 4.20. The monoisotopic (exact) mass is 343 g/mol. The predicted octanol–water partition coefficient (Wildman–Crippen LogP) is 2.80. The van der Waals surface area contributed by atoms with Crippen LogP contribution in [0.3, 0.4) is 0 Å². The van der Waals surface area contributed by atoms with E-state index in [-0.39, 0.29) is 24.1 Å². The summed E-state index contributed by atoms with van der Waals surface area (Å²) in [5.41, 5.74) is -0.179. The van der Waals surface area contributed by atoms with Crippen LogP contribution in [0.25, 0.3) is 0 Å². The van der Waals surface area contributed by atoms with Crippen molar-refractivity contribution in [3.63, 3.8) is 0 Å². The Balaban J connectivity index is 1.83. The Morgan fingerprint density at radius 3 is 2.70 bits per heavy atom. The second kappa shape index (κ2) is 6.83. The lowest BCUT2D eigenvalue weighted by atomic mass is 10.2. The Morgan fingerprint density at radius 1 is 1.35 bits per heavy atom. The van der Waals surface area contributed by atoms with Crippen molar-refractivity contribution in [1.29, 1.82) is 0 Å². The zero-order valence-corrected chi connectivity index (χ0v) is 12.4. The molecule has 0 radical (unpaired) electrons. The van der Waals surface area contributed by atoms with Crippen LogP contribution in [0.5, 0.6) is 0 Å². The minimum Gasteiger partial charge on any atom is -0.452 e. The Labute approximate surface area is 124 Å². The van der Waals surface area contributed by atoms with E-state index in [1.165, 1.54) is 18.2 Å². The molecule has 1 fully saturated rings. The van der Waals surface area contributed by atoms with Crippen LogP contribution in [0, 0.1) is 5.82 Å². The highest BCUT2D eigenvalue weighted by molar-refractivity contribution is 9.10. The lowest BCUT2D eigenvalue weighted by Crippen LogP contribution is -2.36. The fraction of sp³-hybridized carbons (Fsp3) is 0.429. The van der Waals surface area contributed by atoms with Gasteiger partial charge in [-0.25, -0.2) is 9.18 Å². The lowest BCUT2D eigenvalue weighted by Gasteiger charge is -2.12. The second-order valence-electron chi connectivity index (χ2n) is 4.75. The molecule has 4 nitrogen and oxygen atoms in total. The van der Waals surface area contributed by atoms with Gasteiger partial charge in [0.15, 0.2) is 6.61 Å². The molecule has 108 valence electrons. The number of esters is 1. The van der Waals surface area contributed by atoms with Gasteiger partial charge in [-0.2, -0.15) is 0 Å². The zero-order valence-electron chi connectivity index (χ0n) is 10.8. The van der Waals surface area contributed by atoms with Gasteiger partial charge in [0.05, 0.1) is 5.56 Å². The molecule has 0 aromatic heterocycles. The van der Waals surface area contributed by atoms with Crippen LogP contribution in [0.2, 0.25) is 0 Å². The average molecular weight is 344 g/mol. The van der Waals surface area contributed by atoms with Crippen molar-refractivity contribution in [3.05, 3.63) is 34.1 Å². The number of carbonyl (C=O) groups is 2. The van der Waals surface area contributed by atoms with Crippen LogP contribution in [0.15, 0.2) is 22.7 Å². The van der Waals surface area contributed by atoms with Gasteiger partial charge in [0, 0.05) is 10.5 Å². The Hall–Kier alpha value is -1.43. The Morgan fingerprint density at radius 2 is 2.05 bits per heavy atom. The minimum absolute atomic E-state index is 0.172. The van der Waals surface area contributed by atoms with Gasteiger partial charge < -0.3 is 10.1 Å². The van der Waals surface area contributed by atoms with Gasteiger partial charge in [0.1, 0.15) is 5.82 Å². The van der Waals surface area contributed by atoms with Gasteiger partial charge in [-0.05, 0) is 31.0 Å². The number of hydrogen-bond acceptors (Lipinski definition) is 3. The number of carbonyl (C=O) groups excluding carboxylic acids is 2. The molecule has 20 heavy (non-hydrogen) atoms. The fourth-order valence-electron chi connectivity index (χ4n) is 2.20.